The van der Waals surface area contributed by atoms with Crippen LogP contribution in [0.3, 0.4) is 0 Å². The van der Waals surface area contributed by atoms with Gasteiger partial charge in [0.15, 0.2) is 12.4 Å². The number of rotatable bonds is 5. The van der Waals surface area contributed by atoms with Crippen LogP contribution in [0.25, 0.3) is 5.69 Å². The number of pyridine rings is 1. The molecule has 106 valence electrons. The molecule has 0 fully saturated rings. The number of nitrogens with zero attached hydrogens (tertiary/aromatic N) is 1. The molecule has 0 aliphatic carbocycles. The van der Waals surface area contributed by atoms with Crippen LogP contribution in [0.2, 0.25) is 0 Å². The maximum absolute atomic E-state index is 12.0. The number of nitrogen functional groups attached to an aromatic ring is 1. The zero-order valence-electron chi connectivity index (χ0n) is 11.5. The average molecular weight is 309 g/mol. The Morgan fingerprint density at radius 1 is 1.35 bits per heavy atom. The predicted molar refractivity (Wildman–Crippen MR) is 82.6 cm³/mol. The first-order valence-corrected chi connectivity index (χ1v) is 8.18. The van der Waals surface area contributed by atoms with Gasteiger partial charge in [-0.1, -0.05) is 13.0 Å². The first-order valence-electron chi connectivity index (χ1n) is 6.37. The summed E-state index contributed by atoms with van der Waals surface area (Å²) < 4.78 is 8.03. The van der Waals surface area contributed by atoms with Crippen molar-refractivity contribution in [2.75, 3.05) is 18.1 Å². The van der Waals surface area contributed by atoms with Crippen molar-refractivity contribution in [2.45, 2.75) is 18.1 Å². The van der Waals surface area contributed by atoms with Crippen LogP contribution in [0.4, 0.5) is 5.69 Å². The molecular weight excluding hydrogens is 292 g/mol. The Morgan fingerprint density at radius 2 is 2.05 bits per heavy atom. The number of hydrogen-bond acceptors (Lipinski definition) is 5. The van der Waals surface area contributed by atoms with Gasteiger partial charge in [-0.2, -0.15) is 4.57 Å². The summed E-state index contributed by atoms with van der Waals surface area (Å²) in [4.78, 5) is 12.4. The van der Waals surface area contributed by atoms with Crippen molar-refractivity contribution in [1.29, 1.82) is 0 Å². The van der Waals surface area contributed by atoms with Crippen LogP contribution in [0.5, 0.6) is 0 Å². The number of hydrogen-bond donors (Lipinski definition) is 1. The number of nitrogens with two attached hydrogens (primary N) is 1. The van der Waals surface area contributed by atoms with Gasteiger partial charge in [-0.05, 0) is 12.7 Å². The first-order chi connectivity index (χ1) is 9.69. The third-order valence-corrected chi connectivity index (χ3v) is 4.92. The molecule has 0 atom stereocenters. The lowest BCUT2D eigenvalue weighted by molar-refractivity contribution is -0.596. The van der Waals surface area contributed by atoms with E-state index in [9.17, 15) is 4.79 Å². The van der Waals surface area contributed by atoms with Gasteiger partial charge in [0.1, 0.15) is 14.8 Å². The second kappa shape index (κ2) is 6.76. The molecule has 6 heteroatoms. The minimum absolute atomic E-state index is 0.347. The van der Waals surface area contributed by atoms with Crippen molar-refractivity contribution in [3.8, 4) is 5.69 Å². The van der Waals surface area contributed by atoms with E-state index in [1.54, 1.807) is 18.7 Å². The van der Waals surface area contributed by atoms with Gasteiger partial charge in [-0.3, -0.25) is 0 Å². The van der Waals surface area contributed by atoms with Gasteiger partial charge in [-0.25, -0.2) is 4.79 Å². The normalized spacial score (nSPS) is 10.5. The average Bonchev–Trinajstić information content (AvgIpc) is 2.77. The lowest BCUT2D eigenvalue weighted by Gasteiger charge is -1.99. The summed E-state index contributed by atoms with van der Waals surface area (Å²) in [6.07, 6.45) is 3.85. The Kier molecular flexibility index (Phi) is 5.03. The van der Waals surface area contributed by atoms with Gasteiger partial charge in [0.05, 0.1) is 6.61 Å². The second-order valence-electron chi connectivity index (χ2n) is 3.92. The summed E-state index contributed by atoms with van der Waals surface area (Å²) in [6, 6.07) is 5.81. The maximum atomic E-state index is 12.0. The van der Waals surface area contributed by atoms with Crippen LogP contribution >= 0.6 is 23.1 Å². The van der Waals surface area contributed by atoms with Crippen LogP contribution in [0, 0.1) is 0 Å². The Balaban J connectivity index is 2.52. The molecule has 2 heterocycles. The zero-order valence-corrected chi connectivity index (χ0v) is 13.1. The number of thioether (sulfide) groups is 1. The predicted octanol–water partition coefficient (Wildman–Crippen LogP) is 2.90. The molecule has 0 aliphatic heterocycles. The number of carbonyl (C=O) groups excluding carboxylic acids is 1. The molecule has 0 aliphatic rings. The number of esters is 1. The number of carbonyl (C=O) groups is 1. The Labute approximate surface area is 126 Å². The van der Waals surface area contributed by atoms with Gasteiger partial charge in [0, 0.05) is 12.1 Å². The number of ether oxygens (including phenoxy) is 1. The van der Waals surface area contributed by atoms with E-state index >= 15 is 0 Å². The second-order valence-corrected chi connectivity index (χ2v) is 6.47. The van der Waals surface area contributed by atoms with E-state index in [-0.39, 0.29) is 5.97 Å². The highest BCUT2D eigenvalue weighted by Gasteiger charge is 2.28. The summed E-state index contributed by atoms with van der Waals surface area (Å²) in [5, 5.41) is 0. The molecule has 4 nitrogen and oxygen atoms in total. The van der Waals surface area contributed by atoms with Crippen LogP contribution in [0.1, 0.15) is 23.5 Å². The third-order valence-electron chi connectivity index (χ3n) is 2.60. The van der Waals surface area contributed by atoms with Crippen LogP contribution in [-0.2, 0) is 4.74 Å². The topological polar surface area (TPSA) is 56.2 Å². The largest absolute Gasteiger partial charge is 0.462 e. The fourth-order valence-corrected chi connectivity index (χ4v) is 4.08. The van der Waals surface area contributed by atoms with Gasteiger partial charge in [0.25, 0.3) is 5.69 Å². The lowest BCUT2D eigenvalue weighted by atomic mass is 10.3. The van der Waals surface area contributed by atoms with Crippen LogP contribution in [0.15, 0.2) is 34.8 Å². The standard InChI is InChI=1S/C14H16N2O2S2/c1-3-18-13(17)12-10(15)11(14(20-12)19-4-2)16-8-6-5-7-9-16/h5-9H,3-4H2,1-2H3,(H-,15,17)/p+1. The summed E-state index contributed by atoms with van der Waals surface area (Å²) in [5.41, 5.74) is 7.53. The number of aromatic nitrogens is 1. The van der Waals surface area contributed by atoms with Crippen molar-refractivity contribution in [2.24, 2.45) is 0 Å². The number of thiophene rings is 1. The molecule has 0 radical (unpaired) electrons. The molecule has 0 saturated heterocycles. The molecule has 0 amide bonds. The molecular formula is C14H17N2O2S2+. The van der Waals surface area contributed by atoms with E-state index in [1.165, 1.54) is 11.3 Å². The summed E-state index contributed by atoms with van der Waals surface area (Å²) in [5.74, 6) is 0.568. The van der Waals surface area contributed by atoms with E-state index in [2.05, 4.69) is 6.92 Å². The van der Waals surface area contributed by atoms with Crippen molar-refractivity contribution < 1.29 is 14.1 Å². The SMILES string of the molecule is CCOC(=O)c1sc(SCC)c(-[n+]2ccccc2)c1N. The molecule has 0 unspecified atom stereocenters. The number of anilines is 1. The van der Waals surface area contributed by atoms with E-state index in [0.29, 0.717) is 17.2 Å². The van der Waals surface area contributed by atoms with Crippen molar-refractivity contribution in [3.63, 3.8) is 0 Å². The molecule has 2 N–H and O–H groups in total. The molecule has 0 spiro atoms. The Morgan fingerprint density at radius 3 is 2.65 bits per heavy atom. The third kappa shape index (κ3) is 2.96. The molecule has 0 aromatic carbocycles. The Hall–Kier alpha value is -1.53. The van der Waals surface area contributed by atoms with E-state index < -0.39 is 0 Å². The van der Waals surface area contributed by atoms with E-state index in [1.807, 2.05) is 35.2 Å². The molecule has 0 saturated carbocycles. The van der Waals surface area contributed by atoms with Gasteiger partial charge in [0.2, 0.25) is 0 Å². The molecule has 2 aromatic rings. The monoisotopic (exact) mass is 309 g/mol. The van der Waals surface area contributed by atoms with E-state index in [0.717, 1.165) is 15.6 Å². The summed E-state index contributed by atoms with van der Waals surface area (Å²) >= 11 is 3.07. The minimum Gasteiger partial charge on any atom is -0.462 e. The summed E-state index contributed by atoms with van der Waals surface area (Å²) in [6.45, 7) is 4.21. The van der Waals surface area contributed by atoms with E-state index in [4.69, 9.17) is 10.5 Å². The van der Waals surface area contributed by atoms with Gasteiger partial charge in [-0.15, -0.1) is 23.1 Å². The van der Waals surface area contributed by atoms with Crippen molar-refractivity contribution in [1.82, 2.24) is 0 Å². The molecule has 2 aromatic heterocycles. The highest BCUT2D eigenvalue weighted by Crippen LogP contribution is 2.38. The first kappa shape index (κ1) is 14.9. The Bertz CT molecular complexity index is 597. The maximum Gasteiger partial charge on any atom is 0.350 e. The molecule has 0 bridgehead atoms. The fraction of sp³-hybridized carbons (Fsp3) is 0.286. The molecule has 2 rings (SSSR count). The van der Waals surface area contributed by atoms with Gasteiger partial charge < -0.3 is 10.5 Å². The van der Waals surface area contributed by atoms with Crippen LogP contribution < -0.4 is 10.3 Å². The molecule has 20 heavy (non-hydrogen) atoms. The zero-order chi connectivity index (χ0) is 14.5. The smallest absolute Gasteiger partial charge is 0.350 e. The van der Waals surface area contributed by atoms with Gasteiger partial charge >= 0.3 is 5.97 Å². The minimum atomic E-state index is -0.351. The van der Waals surface area contributed by atoms with Crippen molar-refractivity contribution >= 4 is 34.8 Å². The highest BCUT2D eigenvalue weighted by atomic mass is 32.2. The highest BCUT2D eigenvalue weighted by molar-refractivity contribution is 8.01. The summed E-state index contributed by atoms with van der Waals surface area (Å²) in [7, 11) is 0. The van der Waals surface area contributed by atoms with Crippen molar-refractivity contribution in [3.05, 3.63) is 35.5 Å². The lowest BCUT2D eigenvalue weighted by Crippen LogP contribution is -2.30. The van der Waals surface area contributed by atoms with Crippen LogP contribution in [-0.4, -0.2) is 18.3 Å². The quantitative estimate of drug-likeness (QED) is 0.524. The fourth-order valence-electron chi connectivity index (χ4n) is 1.78.